The minimum absolute atomic E-state index is 0.0893. The highest BCUT2D eigenvalue weighted by molar-refractivity contribution is 5.88. The van der Waals surface area contributed by atoms with Crippen molar-refractivity contribution in [2.75, 3.05) is 6.61 Å². The third-order valence-corrected chi connectivity index (χ3v) is 3.21. The van der Waals surface area contributed by atoms with E-state index in [0.29, 0.717) is 13.0 Å². The molecule has 0 saturated heterocycles. The number of benzene rings is 1. The molecule has 0 aromatic heterocycles. The molecule has 0 spiro atoms. The molecule has 1 aromatic carbocycles. The third-order valence-electron chi connectivity index (χ3n) is 3.21. The van der Waals surface area contributed by atoms with Gasteiger partial charge >= 0.3 is 5.97 Å². The Morgan fingerprint density at radius 3 is 2.25 bits per heavy atom. The summed E-state index contributed by atoms with van der Waals surface area (Å²) in [5.41, 5.74) is 0.619. The number of hydrogen-bond donors (Lipinski definition) is 0. The van der Waals surface area contributed by atoms with E-state index in [1.54, 1.807) is 6.92 Å². The van der Waals surface area contributed by atoms with Crippen LogP contribution in [-0.2, 0) is 20.7 Å². The zero-order chi connectivity index (χ0) is 15.2. The zero-order valence-electron chi connectivity index (χ0n) is 12.8. The Hall–Kier alpha value is -1.64. The van der Waals surface area contributed by atoms with E-state index in [9.17, 15) is 9.59 Å². The number of carbonyl (C=O) groups is 2. The average molecular weight is 276 g/mol. The smallest absolute Gasteiger partial charge is 0.309 e. The Morgan fingerprint density at radius 1 is 1.15 bits per heavy atom. The molecule has 0 heterocycles. The molecule has 0 aliphatic carbocycles. The predicted octanol–water partition coefficient (Wildman–Crippen LogP) is 3.41. The SMILES string of the molecule is CCOC(=O)[C@@H](CC(=O)C(C)(C)C)Cc1ccccc1. The van der Waals surface area contributed by atoms with Crippen molar-refractivity contribution in [2.24, 2.45) is 11.3 Å². The quantitative estimate of drug-likeness (QED) is 0.748. The summed E-state index contributed by atoms with van der Waals surface area (Å²) in [6.45, 7) is 7.75. The van der Waals surface area contributed by atoms with Crippen molar-refractivity contribution in [1.82, 2.24) is 0 Å². The lowest BCUT2D eigenvalue weighted by atomic mass is 9.83. The summed E-state index contributed by atoms with van der Waals surface area (Å²) in [6.07, 6.45) is 0.777. The molecule has 3 nitrogen and oxygen atoms in total. The molecule has 0 unspecified atom stereocenters. The van der Waals surface area contributed by atoms with Crippen LogP contribution in [0, 0.1) is 11.3 Å². The second kappa shape index (κ2) is 7.22. The van der Waals surface area contributed by atoms with Gasteiger partial charge in [0.2, 0.25) is 0 Å². The molecule has 0 radical (unpaired) electrons. The fourth-order valence-electron chi connectivity index (χ4n) is 1.93. The molecule has 0 bridgehead atoms. The number of Topliss-reactive ketones (excluding diaryl/α,β-unsaturated/α-hetero) is 1. The summed E-state index contributed by atoms with van der Waals surface area (Å²) < 4.78 is 5.10. The standard InChI is InChI=1S/C17H24O3/c1-5-20-16(19)14(12-15(18)17(2,3)4)11-13-9-7-6-8-10-13/h6-10,14H,5,11-12H2,1-4H3/t14-/m1/s1. The summed E-state index contributed by atoms with van der Waals surface area (Å²) in [5.74, 6) is -0.593. The van der Waals surface area contributed by atoms with Crippen LogP contribution >= 0.6 is 0 Å². The van der Waals surface area contributed by atoms with Gasteiger partial charge in [0, 0.05) is 11.8 Å². The molecular formula is C17H24O3. The normalized spacial score (nSPS) is 12.8. The Bertz CT molecular complexity index is 443. The first-order valence-electron chi connectivity index (χ1n) is 7.08. The topological polar surface area (TPSA) is 43.4 Å². The van der Waals surface area contributed by atoms with Gasteiger partial charge in [0.15, 0.2) is 0 Å². The maximum absolute atomic E-state index is 12.2. The Kier molecular flexibility index (Phi) is 5.93. The zero-order valence-corrected chi connectivity index (χ0v) is 12.8. The molecule has 0 aliphatic heterocycles. The summed E-state index contributed by atoms with van der Waals surface area (Å²) in [6, 6.07) is 9.73. The van der Waals surface area contributed by atoms with Crippen molar-refractivity contribution in [2.45, 2.75) is 40.5 Å². The molecule has 20 heavy (non-hydrogen) atoms. The molecule has 3 heteroatoms. The van der Waals surface area contributed by atoms with Crippen LogP contribution in [0.15, 0.2) is 30.3 Å². The van der Waals surface area contributed by atoms with Crippen LogP contribution in [0.3, 0.4) is 0 Å². The number of rotatable bonds is 6. The monoisotopic (exact) mass is 276 g/mol. The van der Waals surface area contributed by atoms with Gasteiger partial charge in [-0.15, -0.1) is 0 Å². The molecule has 1 aromatic rings. The molecule has 0 fully saturated rings. The maximum Gasteiger partial charge on any atom is 0.309 e. The number of ketones is 1. The Labute approximate surface area is 121 Å². The maximum atomic E-state index is 12.2. The van der Waals surface area contributed by atoms with E-state index in [1.165, 1.54) is 0 Å². The first-order valence-corrected chi connectivity index (χ1v) is 7.08. The molecule has 0 aliphatic rings. The van der Waals surface area contributed by atoms with Gasteiger partial charge in [0.25, 0.3) is 0 Å². The van der Waals surface area contributed by atoms with Crippen molar-refractivity contribution in [3.05, 3.63) is 35.9 Å². The molecule has 0 N–H and O–H groups in total. The van der Waals surface area contributed by atoms with Crippen LogP contribution in [0.25, 0.3) is 0 Å². The lowest BCUT2D eigenvalue weighted by Crippen LogP contribution is -2.28. The van der Waals surface area contributed by atoms with Gasteiger partial charge in [0.05, 0.1) is 12.5 Å². The van der Waals surface area contributed by atoms with Crippen molar-refractivity contribution in [3.8, 4) is 0 Å². The summed E-state index contributed by atoms with van der Waals surface area (Å²) in [5, 5.41) is 0. The van der Waals surface area contributed by atoms with Gasteiger partial charge in [-0.25, -0.2) is 0 Å². The van der Waals surface area contributed by atoms with Crippen molar-refractivity contribution in [1.29, 1.82) is 0 Å². The van der Waals surface area contributed by atoms with E-state index < -0.39 is 11.3 Å². The number of esters is 1. The van der Waals surface area contributed by atoms with Gasteiger partial charge in [-0.05, 0) is 18.9 Å². The van der Waals surface area contributed by atoms with Crippen LogP contribution in [0.5, 0.6) is 0 Å². The van der Waals surface area contributed by atoms with Gasteiger partial charge in [-0.2, -0.15) is 0 Å². The lowest BCUT2D eigenvalue weighted by molar-refractivity contribution is -0.150. The summed E-state index contributed by atoms with van der Waals surface area (Å²) in [4.78, 5) is 24.2. The average Bonchev–Trinajstić information content (AvgIpc) is 2.38. The molecule has 1 rings (SSSR count). The largest absolute Gasteiger partial charge is 0.466 e. The Balaban J connectivity index is 2.81. The van der Waals surface area contributed by atoms with E-state index in [1.807, 2.05) is 51.1 Å². The second-order valence-electron chi connectivity index (χ2n) is 6.02. The van der Waals surface area contributed by atoms with Crippen molar-refractivity contribution >= 4 is 11.8 Å². The van der Waals surface area contributed by atoms with Crippen LogP contribution in [0.1, 0.15) is 39.7 Å². The second-order valence-corrected chi connectivity index (χ2v) is 6.02. The summed E-state index contributed by atoms with van der Waals surface area (Å²) >= 11 is 0. The van der Waals surface area contributed by atoms with Crippen LogP contribution in [0.4, 0.5) is 0 Å². The Morgan fingerprint density at radius 2 is 1.75 bits per heavy atom. The number of carbonyl (C=O) groups excluding carboxylic acids is 2. The van der Waals surface area contributed by atoms with Gasteiger partial charge in [-0.3, -0.25) is 9.59 Å². The molecule has 0 amide bonds. The van der Waals surface area contributed by atoms with E-state index in [0.717, 1.165) is 5.56 Å². The fraction of sp³-hybridized carbons (Fsp3) is 0.529. The molecule has 0 saturated carbocycles. The van der Waals surface area contributed by atoms with E-state index in [4.69, 9.17) is 4.74 Å². The van der Waals surface area contributed by atoms with Crippen molar-refractivity contribution < 1.29 is 14.3 Å². The van der Waals surface area contributed by atoms with Crippen LogP contribution in [-0.4, -0.2) is 18.4 Å². The molecule has 1 atom stereocenters. The van der Waals surface area contributed by atoms with Crippen LogP contribution in [0.2, 0.25) is 0 Å². The van der Waals surface area contributed by atoms with Gasteiger partial charge in [-0.1, -0.05) is 51.1 Å². The minimum Gasteiger partial charge on any atom is -0.466 e. The third kappa shape index (κ3) is 5.16. The van der Waals surface area contributed by atoms with Gasteiger partial charge in [0.1, 0.15) is 5.78 Å². The number of ether oxygens (including phenoxy) is 1. The van der Waals surface area contributed by atoms with E-state index in [2.05, 4.69) is 0 Å². The minimum atomic E-state index is -0.429. The fourth-order valence-corrected chi connectivity index (χ4v) is 1.93. The first kappa shape index (κ1) is 16.4. The van der Waals surface area contributed by atoms with Gasteiger partial charge < -0.3 is 4.74 Å². The highest BCUT2D eigenvalue weighted by atomic mass is 16.5. The van der Waals surface area contributed by atoms with E-state index >= 15 is 0 Å². The molecule has 110 valence electrons. The predicted molar refractivity (Wildman–Crippen MR) is 79.3 cm³/mol. The molecular weight excluding hydrogens is 252 g/mol. The van der Waals surface area contributed by atoms with Crippen molar-refractivity contribution in [3.63, 3.8) is 0 Å². The van der Waals surface area contributed by atoms with E-state index in [-0.39, 0.29) is 18.2 Å². The highest BCUT2D eigenvalue weighted by Crippen LogP contribution is 2.23. The van der Waals surface area contributed by atoms with Crippen LogP contribution < -0.4 is 0 Å². The summed E-state index contributed by atoms with van der Waals surface area (Å²) in [7, 11) is 0. The first-order chi connectivity index (χ1) is 9.34. The number of hydrogen-bond acceptors (Lipinski definition) is 3. The highest BCUT2D eigenvalue weighted by Gasteiger charge is 2.29. The lowest BCUT2D eigenvalue weighted by Gasteiger charge is -2.21.